The van der Waals surface area contributed by atoms with Crippen molar-refractivity contribution in [1.29, 1.82) is 0 Å². The molecule has 2 rings (SSSR count). The van der Waals surface area contributed by atoms with Crippen molar-refractivity contribution >= 4 is 10.0 Å². The molecule has 1 aliphatic carbocycles. The minimum Gasteiger partial charge on any atom is -0.384 e. The first-order valence-electron chi connectivity index (χ1n) is 7.17. The summed E-state index contributed by atoms with van der Waals surface area (Å²) in [5.74, 6) is 5.67. The standard InChI is InChI=1S/C16H21NO3S/c1-12-8-9-16(15(11-12)7-4-10-18)21(19,20)17-13(2)14-5-3-6-14/h8-9,11,13-14,17-18H,3,5-6,10H2,1-2H3. The van der Waals surface area contributed by atoms with E-state index in [1.807, 2.05) is 13.8 Å². The molecular weight excluding hydrogens is 286 g/mol. The number of hydrogen-bond donors (Lipinski definition) is 2. The summed E-state index contributed by atoms with van der Waals surface area (Å²) in [6.07, 6.45) is 3.33. The second-order valence-electron chi connectivity index (χ2n) is 5.56. The second kappa shape index (κ2) is 6.61. The molecule has 0 saturated heterocycles. The number of rotatable bonds is 4. The fraction of sp³-hybridized carbons (Fsp3) is 0.500. The van der Waals surface area contributed by atoms with E-state index in [2.05, 4.69) is 16.6 Å². The van der Waals surface area contributed by atoms with Gasteiger partial charge >= 0.3 is 0 Å². The molecule has 0 radical (unpaired) electrons. The Morgan fingerprint density at radius 1 is 1.43 bits per heavy atom. The molecule has 0 heterocycles. The van der Waals surface area contributed by atoms with Crippen LogP contribution in [0.3, 0.4) is 0 Å². The Bertz CT molecular complexity index is 666. The summed E-state index contributed by atoms with van der Waals surface area (Å²) < 4.78 is 27.8. The zero-order chi connectivity index (χ0) is 15.5. The van der Waals surface area contributed by atoms with Crippen LogP contribution >= 0.6 is 0 Å². The van der Waals surface area contributed by atoms with Crippen molar-refractivity contribution < 1.29 is 13.5 Å². The highest BCUT2D eigenvalue weighted by Gasteiger charge is 2.28. The van der Waals surface area contributed by atoms with Gasteiger partial charge in [0.15, 0.2) is 0 Å². The SMILES string of the molecule is Cc1ccc(S(=O)(=O)NC(C)C2CCC2)c(C#CCO)c1. The highest BCUT2D eigenvalue weighted by molar-refractivity contribution is 7.89. The third-order valence-corrected chi connectivity index (χ3v) is 5.54. The molecule has 0 amide bonds. The molecule has 1 aromatic rings. The first kappa shape index (κ1) is 16.0. The van der Waals surface area contributed by atoms with E-state index in [4.69, 9.17) is 5.11 Å². The third kappa shape index (κ3) is 3.85. The number of aryl methyl sites for hydroxylation is 1. The molecule has 0 spiro atoms. The zero-order valence-electron chi connectivity index (χ0n) is 12.4. The Labute approximate surface area is 126 Å². The van der Waals surface area contributed by atoms with Gasteiger partial charge in [-0.3, -0.25) is 0 Å². The van der Waals surface area contributed by atoms with Crippen LogP contribution in [-0.2, 0) is 10.0 Å². The number of aliphatic hydroxyl groups is 1. The molecule has 1 unspecified atom stereocenters. The van der Waals surface area contributed by atoms with Crippen molar-refractivity contribution in [1.82, 2.24) is 4.72 Å². The fourth-order valence-corrected chi connectivity index (χ4v) is 3.91. The van der Waals surface area contributed by atoms with Crippen LogP contribution in [-0.4, -0.2) is 26.2 Å². The molecule has 1 aliphatic rings. The van der Waals surface area contributed by atoms with Crippen LogP contribution in [0.1, 0.15) is 37.3 Å². The highest BCUT2D eigenvalue weighted by Crippen LogP contribution is 2.30. The van der Waals surface area contributed by atoms with E-state index in [1.54, 1.807) is 18.2 Å². The van der Waals surface area contributed by atoms with Gasteiger partial charge in [-0.25, -0.2) is 13.1 Å². The van der Waals surface area contributed by atoms with E-state index in [0.29, 0.717) is 11.5 Å². The molecular formula is C16H21NO3S. The van der Waals surface area contributed by atoms with Crippen LogP contribution < -0.4 is 4.72 Å². The van der Waals surface area contributed by atoms with Gasteiger partial charge in [0.25, 0.3) is 0 Å². The molecule has 1 atom stereocenters. The van der Waals surface area contributed by atoms with Crippen LogP contribution in [0.15, 0.2) is 23.1 Å². The van der Waals surface area contributed by atoms with Crippen molar-refractivity contribution in [3.63, 3.8) is 0 Å². The Morgan fingerprint density at radius 2 is 2.14 bits per heavy atom. The van der Waals surface area contributed by atoms with Crippen molar-refractivity contribution in [3.8, 4) is 11.8 Å². The maximum absolute atomic E-state index is 12.5. The van der Waals surface area contributed by atoms with E-state index in [1.165, 1.54) is 6.42 Å². The summed E-state index contributed by atoms with van der Waals surface area (Å²) in [5.41, 5.74) is 1.36. The average Bonchev–Trinajstić information content (AvgIpc) is 2.33. The molecule has 4 nitrogen and oxygen atoms in total. The Kier molecular flexibility index (Phi) is 5.04. The Morgan fingerprint density at radius 3 is 2.71 bits per heavy atom. The van der Waals surface area contributed by atoms with Crippen LogP contribution in [0.5, 0.6) is 0 Å². The quantitative estimate of drug-likeness (QED) is 0.834. The van der Waals surface area contributed by atoms with Crippen molar-refractivity contribution in [2.45, 2.75) is 44.0 Å². The molecule has 1 aromatic carbocycles. The highest BCUT2D eigenvalue weighted by atomic mass is 32.2. The fourth-order valence-electron chi connectivity index (χ4n) is 2.45. The summed E-state index contributed by atoms with van der Waals surface area (Å²) >= 11 is 0. The predicted octanol–water partition coefficient (Wildman–Crippen LogP) is 1.81. The van der Waals surface area contributed by atoms with Gasteiger partial charge in [0, 0.05) is 11.6 Å². The summed E-state index contributed by atoms with van der Waals surface area (Å²) in [6, 6.07) is 4.99. The smallest absolute Gasteiger partial charge is 0.242 e. The first-order chi connectivity index (χ1) is 9.94. The molecule has 0 aromatic heterocycles. The Balaban J connectivity index is 2.30. The monoisotopic (exact) mass is 307 g/mol. The average molecular weight is 307 g/mol. The molecule has 1 fully saturated rings. The van der Waals surface area contributed by atoms with Gasteiger partial charge in [0.2, 0.25) is 10.0 Å². The summed E-state index contributed by atoms with van der Waals surface area (Å²) in [6.45, 7) is 3.50. The van der Waals surface area contributed by atoms with Crippen LogP contribution in [0.4, 0.5) is 0 Å². The summed E-state index contributed by atoms with van der Waals surface area (Å²) in [4.78, 5) is 0.181. The van der Waals surface area contributed by atoms with E-state index >= 15 is 0 Å². The predicted molar refractivity (Wildman–Crippen MR) is 82.3 cm³/mol. The van der Waals surface area contributed by atoms with Crippen molar-refractivity contribution in [3.05, 3.63) is 29.3 Å². The van der Waals surface area contributed by atoms with E-state index in [0.717, 1.165) is 18.4 Å². The van der Waals surface area contributed by atoms with Crippen molar-refractivity contribution in [2.24, 2.45) is 5.92 Å². The Hall–Kier alpha value is -1.35. The molecule has 0 bridgehead atoms. The molecule has 2 N–H and O–H groups in total. The van der Waals surface area contributed by atoms with Crippen molar-refractivity contribution in [2.75, 3.05) is 6.61 Å². The summed E-state index contributed by atoms with van der Waals surface area (Å²) in [7, 11) is -3.59. The maximum atomic E-state index is 12.5. The molecule has 5 heteroatoms. The zero-order valence-corrected chi connectivity index (χ0v) is 13.2. The van der Waals surface area contributed by atoms with Gasteiger partial charge < -0.3 is 5.11 Å². The van der Waals surface area contributed by atoms with Crippen LogP contribution in [0.2, 0.25) is 0 Å². The largest absolute Gasteiger partial charge is 0.384 e. The minimum atomic E-state index is -3.59. The van der Waals surface area contributed by atoms with Crippen LogP contribution in [0.25, 0.3) is 0 Å². The first-order valence-corrected chi connectivity index (χ1v) is 8.65. The lowest BCUT2D eigenvalue weighted by atomic mass is 9.81. The van der Waals surface area contributed by atoms with Crippen LogP contribution in [0, 0.1) is 24.7 Å². The molecule has 1 saturated carbocycles. The van der Waals surface area contributed by atoms with Gasteiger partial charge in [-0.15, -0.1) is 0 Å². The lowest BCUT2D eigenvalue weighted by molar-refractivity contribution is 0.260. The lowest BCUT2D eigenvalue weighted by Gasteiger charge is -2.31. The van der Waals surface area contributed by atoms with E-state index < -0.39 is 10.0 Å². The number of nitrogens with one attached hydrogen (secondary N) is 1. The van der Waals surface area contributed by atoms with Gasteiger partial charge in [-0.1, -0.05) is 24.3 Å². The molecule has 21 heavy (non-hydrogen) atoms. The summed E-state index contributed by atoms with van der Waals surface area (Å²) in [5, 5.41) is 8.81. The molecule has 114 valence electrons. The lowest BCUT2D eigenvalue weighted by Crippen LogP contribution is -2.40. The van der Waals surface area contributed by atoms with E-state index in [9.17, 15) is 8.42 Å². The normalized spacial score (nSPS) is 16.7. The minimum absolute atomic E-state index is 0.0660. The van der Waals surface area contributed by atoms with E-state index in [-0.39, 0.29) is 17.5 Å². The third-order valence-electron chi connectivity index (χ3n) is 3.92. The number of sulfonamides is 1. The van der Waals surface area contributed by atoms with Gasteiger partial charge in [-0.2, -0.15) is 0 Å². The number of hydrogen-bond acceptors (Lipinski definition) is 3. The number of aliphatic hydroxyl groups excluding tert-OH is 1. The number of benzene rings is 1. The van der Waals surface area contributed by atoms with Gasteiger partial charge in [0.1, 0.15) is 6.61 Å². The maximum Gasteiger partial charge on any atom is 0.242 e. The topological polar surface area (TPSA) is 66.4 Å². The second-order valence-corrected chi connectivity index (χ2v) is 7.24. The van der Waals surface area contributed by atoms with Gasteiger partial charge in [-0.05, 0) is 50.3 Å². The molecule has 0 aliphatic heterocycles. The van der Waals surface area contributed by atoms with Gasteiger partial charge in [0.05, 0.1) is 4.90 Å².